The van der Waals surface area contributed by atoms with Crippen LogP contribution in [0.2, 0.25) is 0 Å². The SMILES string of the molecule is Cn1cc(C(=O)N2CCN(c3cc4c(nn3)CCC4)CC2)nn1. The molecule has 0 aromatic carbocycles. The molecule has 2 aliphatic rings. The molecule has 0 atom stereocenters. The summed E-state index contributed by atoms with van der Waals surface area (Å²) in [6, 6.07) is 2.16. The van der Waals surface area contributed by atoms with Crippen molar-refractivity contribution in [3.8, 4) is 0 Å². The predicted octanol–water partition coefficient (Wildman–Crippen LogP) is 0.0562. The molecule has 0 radical (unpaired) electrons. The molecule has 0 N–H and O–H groups in total. The number of piperazine rings is 1. The van der Waals surface area contributed by atoms with Gasteiger partial charge in [0.15, 0.2) is 11.5 Å². The number of aromatic nitrogens is 5. The third-order valence-electron chi connectivity index (χ3n) is 4.52. The molecule has 1 fully saturated rings. The number of fused-ring (bicyclic) bond motifs is 1. The minimum Gasteiger partial charge on any atom is -0.352 e. The normalized spacial score (nSPS) is 17.4. The largest absolute Gasteiger partial charge is 0.352 e. The van der Waals surface area contributed by atoms with E-state index in [2.05, 4.69) is 31.5 Å². The summed E-state index contributed by atoms with van der Waals surface area (Å²) in [7, 11) is 1.76. The molecular weight excluding hydrogens is 294 g/mol. The average molecular weight is 313 g/mol. The van der Waals surface area contributed by atoms with E-state index in [0.29, 0.717) is 18.8 Å². The Morgan fingerprint density at radius 2 is 1.91 bits per heavy atom. The lowest BCUT2D eigenvalue weighted by molar-refractivity contribution is 0.0740. The maximum atomic E-state index is 12.4. The van der Waals surface area contributed by atoms with Crippen molar-refractivity contribution in [2.24, 2.45) is 7.05 Å². The first-order valence-corrected chi connectivity index (χ1v) is 7.97. The van der Waals surface area contributed by atoms with E-state index in [1.165, 1.54) is 12.0 Å². The molecule has 1 aliphatic heterocycles. The standard InChI is InChI=1S/C15H19N7O/c1-20-10-13(17-19-20)15(23)22-7-5-21(6-8-22)14-9-11-3-2-4-12(11)16-18-14/h9-10H,2-8H2,1H3. The van der Waals surface area contributed by atoms with Gasteiger partial charge in [0.2, 0.25) is 0 Å². The molecule has 8 nitrogen and oxygen atoms in total. The molecule has 1 aliphatic carbocycles. The number of amides is 1. The number of aryl methyl sites for hydroxylation is 3. The molecule has 23 heavy (non-hydrogen) atoms. The smallest absolute Gasteiger partial charge is 0.276 e. The highest BCUT2D eigenvalue weighted by Crippen LogP contribution is 2.23. The van der Waals surface area contributed by atoms with Gasteiger partial charge < -0.3 is 9.80 Å². The van der Waals surface area contributed by atoms with E-state index in [-0.39, 0.29) is 5.91 Å². The lowest BCUT2D eigenvalue weighted by Gasteiger charge is -2.34. The van der Waals surface area contributed by atoms with E-state index in [9.17, 15) is 4.79 Å². The molecule has 0 bridgehead atoms. The van der Waals surface area contributed by atoms with Gasteiger partial charge in [0.1, 0.15) is 0 Å². The van der Waals surface area contributed by atoms with Crippen LogP contribution >= 0.6 is 0 Å². The van der Waals surface area contributed by atoms with Crippen LogP contribution in [0.3, 0.4) is 0 Å². The summed E-state index contributed by atoms with van der Waals surface area (Å²) < 4.78 is 1.55. The summed E-state index contributed by atoms with van der Waals surface area (Å²) in [4.78, 5) is 16.4. The van der Waals surface area contributed by atoms with Gasteiger partial charge in [0, 0.05) is 33.2 Å². The van der Waals surface area contributed by atoms with Crippen molar-refractivity contribution in [2.45, 2.75) is 19.3 Å². The van der Waals surface area contributed by atoms with Gasteiger partial charge in [-0.25, -0.2) is 0 Å². The molecule has 8 heteroatoms. The molecule has 1 saturated heterocycles. The summed E-state index contributed by atoms with van der Waals surface area (Å²) in [5.41, 5.74) is 2.87. The molecule has 0 unspecified atom stereocenters. The zero-order valence-electron chi connectivity index (χ0n) is 13.1. The van der Waals surface area contributed by atoms with E-state index in [0.717, 1.165) is 37.4 Å². The van der Waals surface area contributed by atoms with Crippen molar-refractivity contribution < 1.29 is 4.79 Å². The molecule has 2 aromatic rings. The molecule has 1 amide bonds. The Morgan fingerprint density at radius 1 is 1.09 bits per heavy atom. The Morgan fingerprint density at radius 3 is 2.65 bits per heavy atom. The quantitative estimate of drug-likeness (QED) is 0.780. The van der Waals surface area contributed by atoms with Crippen LogP contribution in [0.25, 0.3) is 0 Å². The number of carbonyl (C=O) groups excluding carboxylic acids is 1. The highest BCUT2D eigenvalue weighted by atomic mass is 16.2. The number of hydrogen-bond donors (Lipinski definition) is 0. The molecular formula is C15H19N7O. The molecule has 120 valence electrons. The zero-order chi connectivity index (χ0) is 15.8. The first-order chi connectivity index (χ1) is 11.2. The van der Waals surface area contributed by atoms with Crippen LogP contribution in [0, 0.1) is 0 Å². The van der Waals surface area contributed by atoms with Crippen molar-refractivity contribution in [2.75, 3.05) is 31.1 Å². The fourth-order valence-corrected chi connectivity index (χ4v) is 3.22. The van der Waals surface area contributed by atoms with Gasteiger partial charge in [-0.1, -0.05) is 5.21 Å². The van der Waals surface area contributed by atoms with Gasteiger partial charge in [0.25, 0.3) is 5.91 Å². The van der Waals surface area contributed by atoms with Crippen LogP contribution < -0.4 is 4.90 Å². The number of nitrogens with zero attached hydrogens (tertiary/aromatic N) is 7. The Hall–Kier alpha value is -2.51. The Labute approximate surface area is 134 Å². The Kier molecular flexibility index (Phi) is 3.44. The van der Waals surface area contributed by atoms with Gasteiger partial charge in [-0.05, 0) is 30.9 Å². The third-order valence-corrected chi connectivity index (χ3v) is 4.52. The van der Waals surface area contributed by atoms with E-state index >= 15 is 0 Å². The topological polar surface area (TPSA) is 80.0 Å². The minimum atomic E-state index is -0.0576. The lowest BCUT2D eigenvalue weighted by Crippen LogP contribution is -2.49. The number of rotatable bonds is 2. The van der Waals surface area contributed by atoms with Gasteiger partial charge >= 0.3 is 0 Å². The van der Waals surface area contributed by atoms with Gasteiger partial charge in [-0.2, -0.15) is 5.10 Å². The van der Waals surface area contributed by atoms with Gasteiger partial charge in [0.05, 0.1) is 11.9 Å². The fraction of sp³-hybridized carbons (Fsp3) is 0.533. The predicted molar refractivity (Wildman–Crippen MR) is 83.2 cm³/mol. The molecule has 0 saturated carbocycles. The van der Waals surface area contributed by atoms with Crippen LogP contribution in [0.5, 0.6) is 0 Å². The van der Waals surface area contributed by atoms with Crippen molar-refractivity contribution >= 4 is 11.7 Å². The summed E-state index contributed by atoms with van der Waals surface area (Å²) in [6.07, 6.45) is 4.97. The van der Waals surface area contributed by atoms with E-state index in [1.807, 2.05) is 4.90 Å². The van der Waals surface area contributed by atoms with Crippen molar-refractivity contribution in [1.82, 2.24) is 30.1 Å². The van der Waals surface area contributed by atoms with Crippen LogP contribution in [0.15, 0.2) is 12.3 Å². The Balaban J connectivity index is 1.42. The van der Waals surface area contributed by atoms with E-state index in [1.54, 1.807) is 17.9 Å². The second kappa shape index (κ2) is 5.60. The van der Waals surface area contributed by atoms with Crippen LogP contribution in [-0.4, -0.2) is 62.2 Å². The van der Waals surface area contributed by atoms with Gasteiger partial charge in [-0.15, -0.1) is 10.2 Å². The summed E-state index contributed by atoms with van der Waals surface area (Å²) >= 11 is 0. The summed E-state index contributed by atoms with van der Waals surface area (Å²) in [5, 5.41) is 16.4. The highest BCUT2D eigenvalue weighted by Gasteiger charge is 2.25. The first-order valence-electron chi connectivity index (χ1n) is 7.97. The molecule has 2 aromatic heterocycles. The lowest BCUT2D eigenvalue weighted by atomic mass is 10.2. The maximum absolute atomic E-state index is 12.4. The van der Waals surface area contributed by atoms with Crippen molar-refractivity contribution in [3.05, 3.63) is 29.2 Å². The number of anilines is 1. The van der Waals surface area contributed by atoms with E-state index in [4.69, 9.17) is 0 Å². The first kappa shape index (κ1) is 14.1. The molecule has 4 rings (SSSR count). The number of hydrogen-bond acceptors (Lipinski definition) is 6. The van der Waals surface area contributed by atoms with Crippen LogP contribution in [0.4, 0.5) is 5.82 Å². The maximum Gasteiger partial charge on any atom is 0.276 e. The van der Waals surface area contributed by atoms with Crippen molar-refractivity contribution in [1.29, 1.82) is 0 Å². The zero-order valence-corrected chi connectivity index (χ0v) is 13.1. The minimum absolute atomic E-state index is 0.0576. The summed E-state index contributed by atoms with van der Waals surface area (Å²) in [6.45, 7) is 2.85. The third kappa shape index (κ3) is 2.64. The van der Waals surface area contributed by atoms with Crippen molar-refractivity contribution in [3.63, 3.8) is 0 Å². The fourth-order valence-electron chi connectivity index (χ4n) is 3.22. The molecule has 3 heterocycles. The molecule has 0 spiro atoms. The van der Waals surface area contributed by atoms with Crippen LogP contribution in [0.1, 0.15) is 28.2 Å². The summed E-state index contributed by atoms with van der Waals surface area (Å²) in [5.74, 6) is 0.870. The van der Waals surface area contributed by atoms with E-state index < -0.39 is 0 Å². The second-order valence-electron chi connectivity index (χ2n) is 6.08. The van der Waals surface area contributed by atoms with Crippen LogP contribution in [-0.2, 0) is 19.9 Å². The monoisotopic (exact) mass is 313 g/mol. The Bertz CT molecular complexity index is 733. The second-order valence-corrected chi connectivity index (χ2v) is 6.08. The number of carbonyl (C=O) groups is 1. The van der Waals surface area contributed by atoms with Gasteiger partial charge in [-0.3, -0.25) is 9.48 Å². The average Bonchev–Trinajstić information content (AvgIpc) is 3.22. The highest BCUT2D eigenvalue weighted by molar-refractivity contribution is 5.92.